The highest BCUT2D eigenvalue weighted by Crippen LogP contribution is 2.09. The van der Waals surface area contributed by atoms with Gasteiger partial charge < -0.3 is 5.32 Å². The van der Waals surface area contributed by atoms with Crippen LogP contribution in [0.25, 0.3) is 0 Å². The molecule has 3 nitrogen and oxygen atoms in total. The smallest absolute Gasteiger partial charge is 0.234 e. The zero-order valence-electron chi connectivity index (χ0n) is 15.0. The molecule has 128 valence electrons. The summed E-state index contributed by atoms with van der Waals surface area (Å²) in [4.78, 5) is 14.3. The maximum absolute atomic E-state index is 12.2. The number of amides is 1. The molecule has 0 spiro atoms. The van der Waals surface area contributed by atoms with E-state index in [-0.39, 0.29) is 11.9 Å². The minimum absolute atomic E-state index is 0.0895. The van der Waals surface area contributed by atoms with Gasteiger partial charge in [0.2, 0.25) is 5.91 Å². The van der Waals surface area contributed by atoms with E-state index in [0.29, 0.717) is 6.54 Å². The zero-order chi connectivity index (χ0) is 17.4. The van der Waals surface area contributed by atoms with Crippen LogP contribution in [0.15, 0.2) is 54.6 Å². The molecular formula is C21H28N2O. The van der Waals surface area contributed by atoms with Gasteiger partial charge in [0.05, 0.1) is 6.54 Å². The molecule has 0 heterocycles. The summed E-state index contributed by atoms with van der Waals surface area (Å²) in [6, 6.07) is 18.9. The number of hydrogen-bond donors (Lipinski definition) is 1. The molecule has 0 aromatic heterocycles. The second kappa shape index (κ2) is 9.24. The van der Waals surface area contributed by atoms with Gasteiger partial charge in [0.15, 0.2) is 0 Å². The lowest BCUT2D eigenvalue weighted by Gasteiger charge is -2.20. The van der Waals surface area contributed by atoms with Crippen LogP contribution in [-0.4, -0.2) is 30.4 Å². The SMILES string of the molecule is Cc1ccccc1CN(C)CC(=O)N[C@@H](C)CCc1ccccc1. The molecule has 0 bridgehead atoms. The highest BCUT2D eigenvalue weighted by molar-refractivity contribution is 5.78. The summed E-state index contributed by atoms with van der Waals surface area (Å²) in [7, 11) is 1.99. The molecule has 0 aliphatic carbocycles. The summed E-state index contributed by atoms with van der Waals surface area (Å²) in [5.74, 6) is 0.0895. The fraction of sp³-hybridized carbons (Fsp3) is 0.381. The zero-order valence-corrected chi connectivity index (χ0v) is 15.0. The Balaban J connectivity index is 1.72. The van der Waals surface area contributed by atoms with Gasteiger partial charge in [-0.25, -0.2) is 0 Å². The number of carbonyl (C=O) groups excluding carboxylic acids is 1. The molecule has 2 aromatic carbocycles. The highest BCUT2D eigenvalue weighted by Gasteiger charge is 2.11. The number of nitrogens with one attached hydrogen (secondary N) is 1. The molecule has 3 heteroatoms. The van der Waals surface area contributed by atoms with E-state index in [9.17, 15) is 4.79 Å². The summed E-state index contributed by atoms with van der Waals surface area (Å²) in [5, 5.41) is 3.10. The first-order valence-electron chi connectivity index (χ1n) is 8.61. The van der Waals surface area contributed by atoms with Gasteiger partial charge in [-0.1, -0.05) is 54.6 Å². The van der Waals surface area contributed by atoms with Crippen LogP contribution in [0.4, 0.5) is 0 Å². The number of aryl methyl sites for hydroxylation is 2. The lowest BCUT2D eigenvalue weighted by atomic mass is 10.1. The van der Waals surface area contributed by atoms with Crippen molar-refractivity contribution in [2.24, 2.45) is 0 Å². The van der Waals surface area contributed by atoms with Crippen LogP contribution in [0.3, 0.4) is 0 Å². The van der Waals surface area contributed by atoms with E-state index in [4.69, 9.17) is 0 Å². The molecule has 1 amide bonds. The fourth-order valence-electron chi connectivity index (χ4n) is 2.80. The maximum Gasteiger partial charge on any atom is 0.234 e. The highest BCUT2D eigenvalue weighted by atomic mass is 16.2. The number of carbonyl (C=O) groups is 1. The summed E-state index contributed by atoms with van der Waals surface area (Å²) in [6.07, 6.45) is 1.94. The van der Waals surface area contributed by atoms with E-state index < -0.39 is 0 Å². The molecule has 0 fully saturated rings. The van der Waals surface area contributed by atoms with E-state index in [1.807, 2.05) is 25.2 Å². The second-order valence-corrected chi connectivity index (χ2v) is 6.59. The molecule has 0 unspecified atom stereocenters. The molecular weight excluding hydrogens is 296 g/mol. The Kier molecular flexibility index (Phi) is 7.01. The van der Waals surface area contributed by atoms with Crippen molar-refractivity contribution in [1.82, 2.24) is 10.2 Å². The normalized spacial score (nSPS) is 12.2. The topological polar surface area (TPSA) is 32.3 Å². The summed E-state index contributed by atoms with van der Waals surface area (Å²) in [5.41, 5.74) is 3.85. The number of rotatable bonds is 8. The predicted octanol–water partition coefficient (Wildman–Crippen LogP) is 3.56. The standard InChI is InChI=1S/C21H28N2O/c1-17-9-7-8-12-20(17)15-23(3)16-21(24)22-18(2)13-14-19-10-5-4-6-11-19/h4-12,18H,13-16H2,1-3H3,(H,22,24)/t18-/m0/s1. The minimum atomic E-state index is 0.0895. The third kappa shape index (κ3) is 6.17. The van der Waals surface area contributed by atoms with Crippen LogP contribution in [0, 0.1) is 6.92 Å². The van der Waals surface area contributed by atoms with Gasteiger partial charge in [0.1, 0.15) is 0 Å². The van der Waals surface area contributed by atoms with Crippen molar-refractivity contribution in [1.29, 1.82) is 0 Å². The van der Waals surface area contributed by atoms with Gasteiger partial charge in [0, 0.05) is 12.6 Å². The van der Waals surface area contributed by atoms with Crippen LogP contribution in [0.5, 0.6) is 0 Å². The first-order valence-corrected chi connectivity index (χ1v) is 8.61. The van der Waals surface area contributed by atoms with Crippen LogP contribution in [-0.2, 0) is 17.8 Å². The van der Waals surface area contributed by atoms with Crippen molar-refractivity contribution in [3.63, 3.8) is 0 Å². The molecule has 0 saturated carbocycles. The minimum Gasteiger partial charge on any atom is -0.353 e. The predicted molar refractivity (Wildman–Crippen MR) is 99.9 cm³/mol. The van der Waals surface area contributed by atoms with Crippen molar-refractivity contribution in [3.05, 3.63) is 71.3 Å². The van der Waals surface area contributed by atoms with Gasteiger partial charge >= 0.3 is 0 Å². The van der Waals surface area contributed by atoms with Crippen molar-refractivity contribution in [3.8, 4) is 0 Å². The third-order valence-corrected chi connectivity index (χ3v) is 4.23. The Hall–Kier alpha value is -2.13. The van der Waals surface area contributed by atoms with Crippen LogP contribution in [0.2, 0.25) is 0 Å². The van der Waals surface area contributed by atoms with Gasteiger partial charge in [-0.2, -0.15) is 0 Å². The van der Waals surface area contributed by atoms with Crippen molar-refractivity contribution in [2.75, 3.05) is 13.6 Å². The Bertz CT molecular complexity index is 639. The van der Waals surface area contributed by atoms with E-state index in [1.165, 1.54) is 16.7 Å². The molecule has 0 radical (unpaired) electrons. The largest absolute Gasteiger partial charge is 0.353 e. The Labute approximate surface area is 145 Å². The van der Waals surface area contributed by atoms with Gasteiger partial charge in [-0.3, -0.25) is 9.69 Å². The maximum atomic E-state index is 12.2. The van der Waals surface area contributed by atoms with Crippen molar-refractivity contribution >= 4 is 5.91 Å². The first-order chi connectivity index (χ1) is 11.5. The fourth-order valence-corrected chi connectivity index (χ4v) is 2.80. The Morgan fingerprint density at radius 1 is 1.08 bits per heavy atom. The van der Waals surface area contributed by atoms with Crippen LogP contribution < -0.4 is 5.32 Å². The molecule has 24 heavy (non-hydrogen) atoms. The summed E-state index contributed by atoms with van der Waals surface area (Å²) < 4.78 is 0. The number of benzene rings is 2. The van der Waals surface area contributed by atoms with Gasteiger partial charge in [-0.05, 0) is 50.4 Å². The quantitative estimate of drug-likeness (QED) is 0.805. The lowest BCUT2D eigenvalue weighted by Crippen LogP contribution is -2.39. The van der Waals surface area contributed by atoms with Gasteiger partial charge in [-0.15, -0.1) is 0 Å². The Morgan fingerprint density at radius 3 is 2.46 bits per heavy atom. The summed E-state index contributed by atoms with van der Waals surface area (Å²) >= 11 is 0. The third-order valence-electron chi connectivity index (χ3n) is 4.23. The van der Waals surface area contributed by atoms with E-state index in [1.54, 1.807) is 0 Å². The number of likely N-dealkylation sites (N-methyl/N-ethyl adjacent to an activating group) is 1. The van der Waals surface area contributed by atoms with E-state index in [2.05, 4.69) is 60.5 Å². The van der Waals surface area contributed by atoms with E-state index in [0.717, 1.165) is 19.4 Å². The molecule has 1 atom stereocenters. The van der Waals surface area contributed by atoms with Gasteiger partial charge in [0.25, 0.3) is 0 Å². The number of nitrogens with zero attached hydrogens (tertiary/aromatic N) is 1. The second-order valence-electron chi connectivity index (χ2n) is 6.59. The van der Waals surface area contributed by atoms with E-state index >= 15 is 0 Å². The average Bonchev–Trinajstić information content (AvgIpc) is 2.56. The van der Waals surface area contributed by atoms with Crippen molar-refractivity contribution < 1.29 is 4.79 Å². The molecule has 0 aliphatic heterocycles. The molecule has 1 N–H and O–H groups in total. The molecule has 2 aromatic rings. The Morgan fingerprint density at radius 2 is 1.75 bits per heavy atom. The monoisotopic (exact) mass is 324 g/mol. The lowest BCUT2D eigenvalue weighted by molar-refractivity contribution is -0.122. The van der Waals surface area contributed by atoms with Crippen LogP contribution in [0.1, 0.15) is 30.0 Å². The molecule has 0 saturated heterocycles. The van der Waals surface area contributed by atoms with Crippen molar-refractivity contribution in [2.45, 2.75) is 39.3 Å². The number of hydrogen-bond acceptors (Lipinski definition) is 2. The summed E-state index contributed by atoms with van der Waals surface area (Å²) in [6.45, 7) is 5.39. The average molecular weight is 324 g/mol. The molecule has 2 rings (SSSR count). The molecule has 0 aliphatic rings. The van der Waals surface area contributed by atoms with Crippen LogP contribution >= 0.6 is 0 Å². The first kappa shape index (κ1) is 18.2.